The van der Waals surface area contributed by atoms with E-state index >= 15 is 0 Å². The van der Waals surface area contributed by atoms with Crippen LogP contribution in [0.5, 0.6) is 0 Å². The van der Waals surface area contributed by atoms with E-state index in [1.165, 1.54) is 6.26 Å². The van der Waals surface area contributed by atoms with Crippen LogP contribution in [0.25, 0.3) is 0 Å². The second kappa shape index (κ2) is 8.31. The zero-order valence-electron chi connectivity index (χ0n) is 11.3. The number of hydrogen-bond acceptors (Lipinski definition) is 4. The Bertz CT molecular complexity index is 387. The maximum absolute atomic E-state index is 11.5. The lowest BCUT2D eigenvalue weighted by atomic mass is 10.2. The molecule has 1 heterocycles. The lowest BCUT2D eigenvalue weighted by Crippen LogP contribution is -2.28. The number of hydrogen-bond donors (Lipinski definition) is 2. The van der Waals surface area contributed by atoms with Crippen LogP contribution in [0.4, 0.5) is 0 Å². The van der Waals surface area contributed by atoms with Crippen LogP contribution in [0.2, 0.25) is 0 Å². The summed E-state index contributed by atoms with van der Waals surface area (Å²) in [6, 6.07) is 3.23. The number of hydroxylamine groups is 1. The van der Waals surface area contributed by atoms with E-state index in [1.807, 2.05) is 13.8 Å². The van der Waals surface area contributed by atoms with Crippen molar-refractivity contribution in [2.45, 2.75) is 26.7 Å². The number of nitrogens with one attached hydrogen (secondary N) is 2. The Labute approximate surface area is 112 Å². The van der Waals surface area contributed by atoms with Gasteiger partial charge in [-0.3, -0.25) is 14.4 Å². The molecule has 19 heavy (non-hydrogen) atoms. The molecule has 6 nitrogen and oxygen atoms in total. The summed E-state index contributed by atoms with van der Waals surface area (Å²) in [7, 11) is 0. The highest BCUT2D eigenvalue weighted by Crippen LogP contribution is 1.99. The molecular weight excluding hydrogens is 248 g/mol. The summed E-state index contributed by atoms with van der Waals surface area (Å²) < 4.78 is 4.94. The second-order valence-corrected chi connectivity index (χ2v) is 4.57. The van der Waals surface area contributed by atoms with Crippen LogP contribution in [0.15, 0.2) is 22.8 Å². The minimum atomic E-state index is -0.276. The molecule has 0 aliphatic heterocycles. The van der Waals surface area contributed by atoms with Crippen molar-refractivity contribution in [3.8, 4) is 0 Å². The summed E-state index contributed by atoms with van der Waals surface area (Å²) in [4.78, 5) is 27.8. The van der Waals surface area contributed by atoms with Crippen LogP contribution < -0.4 is 10.8 Å². The Balaban J connectivity index is 2.04. The number of rotatable bonds is 8. The molecule has 1 aromatic heterocycles. The maximum Gasteiger partial charge on any atom is 0.286 e. The van der Waals surface area contributed by atoms with Crippen LogP contribution in [0, 0.1) is 5.92 Å². The molecule has 2 N–H and O–H groups in total. The van der Waals surface area contributed by atoms with E-state index in [1.54, 1.807) is 12.1 Å². The van der Waals surface area contributed by atoms with Crippen LogP contribution in [0.1, 0.15) is 37.2 Å². The molecule has 0 aliphatic rings. The first-order valence-electron chi connectivity index (χ1n) is 6.32. The lowest BCUT2D eigenvalue weighted by Gasteiger charge is -2.07. The molecular formula is C13H20N2O4. The molecule has 0 atom stereocenters. The van der Waals surface area contributed by atoms with Gasteiger partial charge >= 0.3 is 0 Å². The molecule has 106 valence electrons. The summed E-state index contributed by atoms with van der Waals surface area (Å²) in [6.07, 6.45) is 2.29. The first-order valence-corrected chi connectivity index (χ1v) is 6.32. The summed E-state index contributed by atoms with van der Waals surface area (Å²) in [5.74, 6) is 0.173. The van der Waals surface area contributed by atoms with Gasteiger partial charge in [-0.2, -0.15) is 0 Å². The molecule has 0 saturated carbocycles. The van der Waals surface area contributed by atoms with Crippen molar-refractivity contribution < 1.29 is 18.8 Å². The van der Waals surface area contributed by atoms with Crippen molar-refractivity contribution in [1.82, 2.24) is 10.8 Å². The van der Waals surface area contributed by atoms with Crippen molar-refractivity contribution in [2.75, 3.05) is 13.2 Å². The van der Waals surface area contributed by atoms with E-state index in [0.717, 1.165) is 0 Å². The lowest BCUT2D eigenvalue weighted by molar-refractivity contribution is -0.134. The third kappa shape index (κ3) is 6.61. The Hall–Kier alpha value is -1.82. The van der Waals surface area contributed by atoms with Gasteiger partial charge in [-0.05, 0) is 24.5 Å². The number of furan rings is 1. The fourth-order valence-corrected chi connectivity index (χ4v) is 1.29. The van der Waals surface area contributed by atoms with Crippen LogP contribution >= 0.6 is 0 Å². The largest absolute Gasteiger partial charge is 0.459 e. The monoisotopic (exact) mass is 268 g/mol. The van der Waals surface area contributed by atoms with Crippen molar-refractivity contribution in [1.29, 1.82) is 0 Å². The minimum Gasteiger partial charge on any atom is -0.459 e. The van der Waals surface area contributed by atoms with E-state index in [2.05, 4.69) is 10.8 Å². The molecule has 1 rings (SSSR count). The smallest absolute Gasteiger partial charge is 0.286 e. The average Bonchev–Trinajstić information content (AvgIpc) is 2.87. The van der Waals surface area contributed by atoms with E-state index in [9.17, 15) is 9.59 Å². The molecule has 2 amide bonds. The predicted molar refractivity (Wildman–Crippen MR) is 69.2 cm³/mol. The third-order valence-electron chi connectivity index (χ3n) is 2.21. The first kappa shape index (κ1) is 15.2. The highest BCUT2D eigenvalue weighted by molar-refractivity contribution is 5.91. The van der Waals surface area contributed by atoms with E-state index in [0.29, 0.717) is 31.9 Å². The van der Waals surface area contributed by atoms with Gasteiger partial charge in [0.25, 0.3) is 5.91 Å². The fourth-order valence-electron chi connectivity index (χ4n) is 1.29. The Morgan fingerprint density at radius 3 is 2.84 bits per heavy atom. The highest BCUT2D eigenvalue weighted by Gasteiger charge is 2.07. The van der Waals surface area contributed by atoms with Crippen molar-refractivity contribution in [2.24, 2.45) is 5.92 Å². The summed E-state index contributed by atoms with van der Waals surface area (Å²) in [5, 5.41) is 2.66. The molecule has 0 radical (unpaired) electrons. The van der Waals surface area contributed by atoms with Gasteiger partial charge < -0.3 is 9.73 Å². The Morgan fingerprint density at radius 1 is 1.42 bits per heavy atom. The van der Waals surface area contributed by atoms with Crippen LogP contribution in [-0.4, -0.2) is 25.0 Å². The molecule has 0 aromatic carbocycles. The maximum atomic E-state index is 11.5. The quantitative estimate of drug-likeness (QED) is 0.553. The number of amides is 2. The molecule has 0 fully saturated rings. The summed E-state index contributed by atoms with van der Waals surface area (Å²) >= 11 is 0. The topological polar surface area (TPSA) is 80.6 Å². The van der Waals surface area contributed by atoms with Gasteiger partial charge in [0.1, 0.15) is 0 Å². The summed E-state index contributed by atoms with van der Waals surface area (Å²) in [6.45, 7) is 4.89. The van der Waals surface area contributed by atoms with E-state index in [-0.39, 0.29) is 17.6 Å². The van der Waals surface area contributed by atoms with Gasteiger partial charge in [-0.1, -0.05) is 13.8 Å². The van der Waals surface area contributed by atoms with Gasteiger partial charge in [-0.15, -0.1) is 0 Å². The highest BCUT2D eigenvalue weighted by atomic mass is 16.6. The number of carbonyl (C=O) groups excluding carboxylic acids is 2. The molecule has 0 bridgehead atoms. The average molecular weight is 268 g/mol. The van der Waals surface area contributed by atoms with Gasteiger partial charge in [0.15, 0.2) is 5.76 Å². The minimum absolute atomic E-state index is 0.187. The van der Waals surface area contributed by atoms with Gasteiger partial charge in [0.05, 0.1) is 12.9 Å². The predicted octanol–water partition coefficient (Wildman–Crippen LogP) is 1.49. The number of carbonyl (C=O) groups is 2. The van der Waals surface area contributed by atoms with Gasteiger partial charge in [-0.25, -0.2) is 5.48 Å². The Morgan fingerprint density at radius 2 is 2.21 bits per heavy atom. The van der Waals surface area contributed by atoms with Crippen molar-refractivity contribution >= 4 is 11.8 Å². The van der Waals surface area contributed by atoms with Crippen LogP contribution in [-0.2, 0) is 9.63 Å². The van der Waals surface area contributed by atoms with Crippen molar-refractivity contribution in [3.63, 3.8) is 0 Å². The van der Waals surface area contributed by atoms with E-state index < -0.39 is 0 Å². The molecule has 1 aromatic rings. The molecule has 0 spiro atoms. The normalized spacial score (nSPS) is 10.5. The second-order valence-electron chi connectivity index (χ2n) is 4.57. The first-order chi connectivity index (χ1) is 9.09. The molecule has 0 unspecified atom stereocenters. The zero-order valence-corrected chi connectivity index (χ0v) is 11.3. The molecule has 6 heteroatoms. The van der Waals surface area contributed by atoms with Gasteiger partial charge in [0.2, 0.25) is 5.91 Å². The fraction of sp³-hybridized carbons (Fsp3) is 0.538. The summed E-state index contributed by atoms with van der Waals surface area (Å²) in [5.41, 5.74) is 2.36. The molecule has 0 aliphatic carbocycles. The van der Waals surface area contributed by atoms with Gasteiger partial charge in [0, 0.05) is 13.0 Å². The van der Waals surface area contributed by atoms with Crippen LogP contribution in [0.3, 0.4) is 0 Å². The standard InChI is InChI=1S/C13H20N2O4/c1-10(2)9-19-15-12(16)6-3-7-14-13(17)11-5-4-8-18-11/h4-5,8,10H,3,6-7,9H2,1-2H3,(H,14,17)(H,15,16). The zero-order chi connectivity index (χ0) is 14.1. The Kier molecular flexibility index (Phi) is 6.67. The molecule has 0 saturated heterocycles. The van der Waals surface area contributed by atoms with Crippen molar-refractivity contribution in [3.05, 3.63) is 24.2 Å². The SMILES string of the molecule is CC(C)CONC(=O)CCCNC(=O)c1ccco1. The van der Waals surface area contributed by atoms with E-state index in [4.69, 9.17) is 9.25 Å². The third-order valence-corrected chi connectivity index (χ3v) is 2.21.